The highest BCUT2D eigenvalue weighted by atomic mass is 16.2. The summed E-state index contributed by atoms with van der Waals surface area (Å²) >= 11 is 0. The zero-order valence-electron chi connectivity index (χ0n) is 22.9. The van der Waals surface area contributed by atoms with E-state index in [1.165, 1.54) is 16.0 Å². The lowest BCUT2D eigenvalue weighted by molar-refractivity contribution is -0.139. The lowest BCUT2D eigenvalue weighted by atomic mass is 9.75. The molecule has 1 aliphatic heterocycles. The summed E-state index contributed by atoms with van der Waals surface area (Å²) in [6, 6.07) is 11.1. The summed E-state index contributed by atoms with van der Waals surface area (Å²) in [5, 5.41) is 6.10. The van der Waals surface area contributed by atoms with Crippen molar-refractivity contribution in [2.45, 2.75) is 57.9 Å². The minimum absolute atomic E-state index is 0.126. The van der Waals surface area contributed by atoms with E-state index in [-0.39, 0.29) is 36.7 Å². The number of aryl methyl sites for hydroxylation is 1. The van der Waals surface area contributed by atoms with Gasteiger partial charge >= 0.3 is 0 Å². The number of fused-ring (bicyclic) bond motifs is 2. The molecule has 1 fully saturated rings. The Balaban J connectivity index is 1.62. The van der Waals surface area contributed by atoms with Crippen LogP contribution in [0, 0.1) is 5.92 Å². The van der Waals surface area contributed by atoms with Crippen molar-refractivity contribution < 1.29 is 19.2 Å². The van der Waals surface area contributed by atoms with Crippen LogP contribution >= 0.6 is 0 Å². The van der Waals surface area contributed by atoms with Gasteiger partial charge in [0.2, 0.25) is 17.7 Å². The summed E-state index contributed by atoms with van der Waals surface area (Å²) < 4.78 is 0. The maximum Gasteiger partial charge on any atom is 0.255 e. The van der Waals surface area contributed by atoms with E-state index in [0.29, 0.717) is 56.8 Å². The van der Waals surface area contributed by atoms with Crippen molar-refractivity contribution in [3.8, 4) is 0 Å². The van der Waals surface area contributed by atoms with Crippen LogP contribution in [0.5, 0.6) is 0 Å². The fourth-order valence-electron chi connectivity index (χ4n) is 5.38. The maximum absolute atomic E-state index is 13.7. The maximum atomic E-state index is 13.7. The molecule has 9 heteroatoms. The highest BCUT2D eigenvalue weighted by molar-refractivity contribution is 5.97. The standard InChI is InChI=1S/C30H39N5O4/c1-22(2)13-18-34-20-26(36)33-30(14-7-10-23-9-3-4-12-25(23)30)29(39)32-16-5-6-17-35(21-27(34)37)28(38)24-11-8-15-31-19-24/h3-4,8-9,11-12,15,19,22H,5-7,10,13-14,16-18,20-21H2,1-2H3,(H,32,39)(H,33,36). The Morgan fingerprint density at radius 1 is 1.05 bits per heavy atom. The molecule has 2 N–H and O–H groups in total. The molecule has 0 radical (unpaired) electrons. The van der Waals surface area contributed by atoms with Gasteiger partial charge in [-0.2, -0.15) is 0 Å². The number of nitrogens with zero attached hydrogens (tertiary/aromatic N) is 3. The molecule has 1 saturated heterocycles. The van der Waals surface area contributed by atoms with Gasteiger partial charge in [0.05, 0.1) is 12.1 Å². The first-order chi connectivity index (χ1) is 18.8. The largest absolute Gasteiger partial charge is 0.354 e. The van der Waals surface area contributed by atoms with Gasteiger partial charge in [0.25, 0.3) is 5.91 Å². The Bertz CT molecular complexity index is 1180. The molecular weight excluding hydrogens is 494 g/mol. The molecular formula is C30H39N5O4. The summed E-state index contributed by atoms with van der Waals surface area (Å²) in [7, 11) is 0. The van der Waals surface area contributed by atoms with Crippen LogP contribution in [0.4, 0.5) is 0 Å². The topological polar surface area (TPSA) is 112 Å². The summed E-state index contributed by atoms with van der Waals surface area (Å²) in [6.45, 7) is 4.96. The molecule has 1 aromatic heterocycles. The molecule has 39 heavy (non-hydrogen) atoms. The van der Waals surface area contributed by atoms with Crippen LogP contribution < -0.4 is 10.6 Å². The number of nitrogens with one attached hydrogen (secondary N) is 2. The minimum atomic E-state index is -1.18. The van der Waals surface area contributed by atoms with E-state index < -0.39 is 5.54 Å². The molecule has 2 aliphatic rings. The van der Waals surface area contributed by atoms with Gasteiger partial charge < -0.3 is 20.4 Å². The first kappa shape index (κ1) is 28.3. The van der Waals surface area contributed by atoms with Crippen LogP contribution in [0.25, 0.3) is 0 Å². The van der Waals surface area contributed by atoms with E-state index in [4.69, 9.17) is 0 Å². The number of hydrogen-bond acceptors (Lipinski definition) is 5. The van der Waals surface area contributed by atoms with Gasteiger partial charge in [-0.25, -0.2) is 0 Å². The number of pyridine rings is 1. The Kier molecular flexibility index (Phi) is 9.32. The lowest BCUT2D eigenvalue weighted by Gasteiger charge is -2.39. The summed E-state index contributed by atoms with van der Waals surface area (Å²) in [5.74, 6) is -0.866. The molecule has 2 heterocycles. The summed E-state index contributed by atoms with van der Waals surface area (Å²) in [5.41, 5.74) is 1.11. The van der Waals surface area contributed by atoms with E-state index in [1.807, 2.05) is 24.3 Å². The Morgan fingerprint density at radius 3 is 2.64 bits per heavy atom. The molecule has 9 nitrogen and oxygen atoms in total. The van der Waals surface area contributed by atoms with Gasteiger partial charge in [-0.05, 0) is 67.7 Å². The minimum Gasteiger partial charge on any atom is -0.354 e. The van der Waals surface area contributed by atoms with Crippen molar-refractivity contribution in [3.63, 3.8) is 0 Å². The second kappa shape index (κ2) is 12.9. The van der Waals surface area contributed by atoms with Crippen molar-refractivity contribution in [1.82, 2.24) is 25.4 Å². The van der Waals surface area contributed by atoms with Gasteiger partial charge in [0.1, 0.15) is 12.1 Å². The van der Waals surface area contributed by atoms with Crippen LogP contribution in [0.2, 0.25) is 0 Å². The molecule has 4 rings (SSSR count). The lowest BCUT2D eigenvalue weighted by Crippen LogP contribution is -2.60. The van der Waals surface area contributed by atoms with E-state index in [9.17, 15) is 19.2 Å². The van der Waals surface area contributed by atoms with E-state index in [1.54, 1.807) is 18.3 Å². The number of hydrogen-bond donors (Lipinski definition) is 2. The van der Waals surface area contributed by atoms with Crippen LogP contribution in [0.3, 0.4) is 0 Å². The number of carbonyl (C=O) groups is 4. The zero-order valence-corrected chi connectivity index (χ0v) is 22.9. The second-order valence-electron chi connectivity index (χ2n) is 10.9. The monoisotopic (exact) mass is 533 g/mol. The predicted molar refractivity (Wildman–Crippen MR) is 148 cm³/mol. The normalized spacial score (nSPS) is 21.3. The first-order valence-corrected chi connectivity index (χ1v) is 13.9. The van der Waals surface area contributed by atoms with Crippen LogP contribution in [-0.4, -0.2) is 71.1 Å². The SMILES string of the molecule is CC(C)CCN1CC(=O)NC2(CCCc3ccccc32)C(=O)NCCCCN(C(=O)c2cccnc2)CC1=O. The van der Waals surface area contributed by atoms with Gasteiger partial charge in [0, 0.05) is 32.0 Å². The Morgan fingerprint density at radius 2 is 1.87 bits per heavy atom. The molecule has 208 valence electrons. The Hall–Kier alpha value is -3.75. The van der Waals surface area contributed by atoms with Crippen molar-refractivity contribution in [2.24, 2.45) is 5.92 Å². The molecule has 1 spiro atoms. The number of aromatic nitrogens is 1. The van der Waals surface area contributed by atoms with Crippen LogP contribution in [-0.2, 0) is 26.3 Å². The third kappa shape index (κ3) is 6.82. The Labute approximate surface area is 230 Å². The van der Waals surface area contributed by atoms with E-state index in [2.05, 4.69) is 29.5 Å². The summed E-state index contributed by atoms with van der Waals surface area (Å²) in [4.78, 5) is 61.2. The number of benzene rings is 1. The van der Waals surface area contributed by atoms with Gasteiger partial charge in [-0.3, -0.25) is 24.2 Å². The number of carbonyl (C=O) groups excluding carboxylic acids is 4. The van der Waals surface area contributed by atoms with Crippen LogP contribution in [0.15, 0.2) is 48.8 Å². The fourth-order valence-corrected chi connectivity index (χ4v) is 5.38. The summed E-state index contributed by atoms with van der Waals surface area (Å²) in [6.07, 6.45) is 7.15. The zero-order chi connectivity index (χ0) is 27.8. The molecule has 1 aromatic carbocycles. The van der Waals surface area contributed by atoms with Crippen molar-refractivity contribution >= 4 is 23.6 Å². The van der Waals surface area contributed by atoms with E-state index >= 15 is 0 Å². The average Bonchev–Trinajstić information content (AvgIpc) is 2.93. The highest BCUT2D eigenvalue weighted by Crippen LogP contribution is 2.36. The van der Waals surface area contributed by atoms with E-state index in [0.717, 1.165) is 24.0 Å². The number of rotatable bonds is 4. The fraction of sp³-hybridized carbons (Fsp3) is 0.500. The molecule has 0 saturated carbocycles. The third-order valence-corrected chi connectivity index (χ3v) is 7.54. The third-order valence-electron chi connectivity index (χ3n) is 7.54. The average molecular weight is 534 g/mol. The van der Waals surface area contributed by atoms with Gasteiger partial charge in [-0.15, -0.1) is 0 Å². The second-order valence-corrected chi connectivity index (χ2v) is 10.9. The molecule has 1 unspecified atom stereocenters. The quantitative estimate of drug-likeness (QED) is 0.628. The first-order valence-electron chi connectivity index (χ1n) is 13.9. The highest BCUT2D eigenvalue weighted by Gasteiger charge is 2.44. The van der Waals surface area contributed by atoms with Gasteiger partial charge in [0.15, 0.2) is 0 Å². The molecule has 1 aliphatic carbocycles. The van der Waals surface area contributed by atoms with Gasteiger partial charge in [-0.1, -0.05) is 38.1 Å². The van der Waals surface area contributed by atoms with Crippen molar-refractivity contribution in [2.75, 3.05) is 32.7 Å². The molecule has 0 bridgehead atoms. The predicted octanol–water partition coefficient (Wildman–Crippen LogP) is 2.66. The smallest absolute Gasteiger partial charge is 0.255 e. The molecule has 2 aromatic rings. The van der Waals surface area contributed by atoms with Crippen molar-refractivity contribution in [3.05, 3.63) is 65.5 Å². The molecule has 4 amide bonds. The number of amides is 4. The van der Waals surface area contributed by atoms with Crippen molar-refractivity contribution in [1.29, 1.82) is 0 Å². The molecule has 1 atom stereocenters. The van der Waals surface area contributed by atoms with Crippen LogP contribution in [0.1, 0.15) is 67.4 Å².